The van der Waals surface area contributed by atoms with Crippen molar-refractivity contribution in [2.75, 3.05) is 0 Å². The van der Waals surface area contributed by atoms with Gasteiger partial charge in [-0.15, -0.1) is 31.7 Å². The highest BCUT2D eigenvalue weighted by atomic mass is 32.2. The van der Waals surface area contributed by atoms with E-state index in [-0.39, 0.29) is 5.25 Å². The van der Waals surface area contributed by atoms with Crippen LogP contribution in [-0.4, -0.2) is 20.4 Å². The Morgan fingerprint density at radius 2 is 1.97 bits per heavy atom. The van der Waals surface area contributed by atoms with E-state index in [0.717, 1.165) is 34.8 Å². The van der Waals surface area contributed by atoms with E-state index < -0.39 is 0 Å². The lowest BCUT2D eigenvalue weighted by atomic mass is 9.90. The molecule has 5 rings (SSSR count). The highest BCUT2D eigenvalue weighted by Gasteiger charge is 2.23. The van der Waals surface area contributed by atoms with Gasteiger partial charge < -0.3 is 8.83 Å². The van der Waals surface area contributed by atoms with Gasteiger partial charge in [0.2, 0.25) is 11.8 Å². The molecule has 0 aliphatic heterocycles. The maximum absolute atomic E-state index is 5.93. The van der Waals surface area contributed by atoms with Crippen LogP contribution in [0.2, 0.25) is 0 Å². The molecule has 0 fully saturated rings. The molecular weight excluding hydrogens is 416 g/mol. The lowest BCUT2D eigenvalue weighted by Crippen LogP contribution is -2.07. The number of rotatable bonds is 5. The first-order chi connectivity index (χ1) is 14.5. The summed E-state index contributed by atoms with van der Waals surface area (Å²) >= 11 is 3.20. The summed E-state index contributed by atoms with van der Waals surface area (Å²) in [6, 6.07) is 10.2. The smallest absolute Gasteiger partial charge is 0.277 e. The molecule has 3 heterocycles. The molecule has 0 radical (unpaired) electrons. The van der Waals surface area contributed by atoms with Crippen molar-refractivity contribution in [3.63, 3.8) is 0 Å². The summed E-state index contributed by atoms with van der Waals surface area (Å²) in [6.45, 7) is 6.34. The molecule has 0 amide bonds. The number of benzene rings is 1. The van der Waals surface area contributed by atoms with Crippen LogP contribution in [0.1, 0.15) is 47.4 Å². The normalized spacial score (nSPS) is 17.1. The van der Waals surface area contributed by atoms with E-state index >= 15 is 0 Å². The fourth-order valence-corrected chi connectivity index (χ4v) is 5.51. The Labute approximate surface area is 183 Å². The second-order valence-corrected chi connectivity index (χ2v) is 10.3. The van der Waals surface area contributed by atoms with E-state index in [2.05, 4.69) is 33.4 Å². The molecule has 1 aliphatic carbocycles. The maximum Gasteiger partial charge on any atom is 0.277 e. The first kappa shape index (κ1) is 19.5. The minimum Gasteiger partial charge on any atom is -0.419 e. The van der Waals surface area contributed by atoms with Gasteiger partial charge in [-0.2, -0.15) is 0 Å². The second-order valence-electron chi connectivity index (χ2n) is 7.86. The van der Waals surface area contributed by atoms with Crippen molar-refractivity contribution in [1.82, 2.24) is 20.4 Å². The van der Waals surface area contributed by atoms with Crippen LogP contribution < -0.4 is 0 Å². The molecule has 0 saturated carbocycles. The van der Waals surface area contributed by atoms with Gasteiger partial charge in [0.25, 0.3) is 11.1 Å². The number of nitrogens with zero attached hydrogens (tertiary/aromatic N) is 4. The van der Waals surface area contributed by atoms with E-state index in [9.17, 15) is 0 Å². The Morgan fingerprint density at radius 3 is 2.83 bits per heavy atom. The predicted octanol–water partition coefficient (Wildman–Crippen LogP) is 6.13. The van der Waals surface area contributed by atoms with Gasteiger partial charge in [0, 0.05) is 10.4 Å². The lowest BCUT2D eigenvalue weighted by molar-refractivity contribution is 0.462. The summed E-state index contributed by atoms with van der Waals surface area (Å²) in [5.41, 5.74) is 3.50. The molecule has 1 aliphatic rings. The van der Waals surface area contributed by atoms with Crippen molar-refractivity contribution in [2.24, 2.45) is 5.92 Å². The Balaban J connectivity index is 1.30. The number of hydrogen-bond donors (Lipinski definition) is 0. The van der Waals surface area contributed by atoms with Crippen molar-refractivity contribution >= 4 is 23.1 Å². The molecule has 3 aromatic heterocycles. The van der Waals surface area contributed by atoms with Gasteiger partial charge in [0.1, 0.15) is 0 Å². The lowest BCUT2D eigenvalue weighted by Gasteiger charge is -2.16. The maximum atomic E-state index is 5.93. The van der Waals surface area contributed by atoms with Gasteiger partial charge in [-0.25, -0.2) is 0 Å². The molecule has 0 unspecified atom stereocenters. The molecule has 154 valence electrons. The molecule has 0 saturated heterocycles. The number of thiophene rings is 1. The summed E-state index contributed by atoms with van der Waals surface area (Å²) in [5, 5.41) is 17.3. The van der Waals surface area contributed by atoms with Crippen LogP contribution in [0.15, 0.2) is 44.4 Å². The molecular formula is C22H22N4O2S2. The SMILES string of the molecule is Cc1cccc(-c2nnc([C@H](C)Sc3nnc(-c4cc5c(s4)CC[C@H](C)C5)o3)o2)c1. The number of thioether (sulfide) groups is 1. The molecule has 0 spiro atoms. The third kappa shape index (κ3) is 3.94. The zero-order valence-electron chi connectivity index (χ0n) is 17.1. The molecule has 0 bridgehead atoms. The topological polar surface area (TPSA) is 77.8 Å². The van der Waals surface area contributed by atoms with Crippen molar-refractivity contribution in [1.29, 1.82) is 0 Å². The summed E-state index contributed by atoms with van der Waals surface area (Å²) in [7, 11) is 0. The average molecular weight is 439 g/mol. The summed E-state index contributed by atoms with van der Waals surface area (Å²) in [6.07, 6.45) is 3.54. The molecule has 30 heavy (non-hydrogen) atoms. The Kier molecular flexibility index (Phi) is 5.20. The zero-order valence-corrected chi connectivity index (χ0v) is 18.7. The Morgan fingerprint density at radius 1 is 1.10 bits per heavy atom. The average Bonchev–Trinajstić information content (AvgIpc) is 3.46. The van der Waals surface area contributed by atoms with E-state index in [1.807, 2.05) is 38.1 Å². The van der Waals surface area contributed by atoms with Crippen molar-refractivity contribution in [2.45, 2.75) is 50.5 Å². The second kappa shape index (κ2) is 8.00. The zero-order chi connectivity index (χ0) is 20.7. The van der Waals surface area contributed by atoms with E-state index in [1.54, 1.807) is 11.3 Å². The first-order valence-electron chi connectivity index (χ1n) is 10.1. The van der Waals surface area contributed by atoms with Crippen LogP contribution in [0.5, 0.6) is 0 Å². The monoisotopic (exact) mass is 438 g/mol. The van der Waals surface area contributed by atoms with Gasteiger partial charge in [-0.05, 0) is 62.8 Å². The first-order valence-corrected chi connectivity index (χ1v) is 11.8. The van der Waals surface area contributed by atoms with Crippen molar-refractivity contribution in [3.05, 3.63) is 52.2 Å². The van der Waals surface area contributed by atoms with Crippen LogP contribution in [0.25, 0.3) is 22.2 Å². The van der Waals surface area contributed by atoms with Gasteiger partial charge in [0.15, 0.2) is 0 Å². The summed E-state index contributed by atoms with van der Waals surface area (Å²) < 4.78 is 11.8. The van der Waals surface area contributed by atoms with Crippen LogP contribution >= 0.6 is 23.1 Å². The van der Waals surface area contributed by atoms with Crippen LogP contribution in [0, 0.1) is 12.8 Å². The van der Waals surface area contributed by atoms with E-state index in [0.29, 0.717) is 22.9 Å². The number of aryl methyl sites for hydroxylation is 2. The van der Waals surface area contributed by atoms with Gasteiger partial charge in [-0.3, -0.25) is 0 Å². The molecule has 6 nitrogen and oxygen atoms in total. The van der Waals surface area contributed by atoms with Gasteiger partial charge >= 0.3 is 0 Å². The van der Waals surface area contributed by atoms with E-state index in [4.69, 9.17) is 8.83 Å². The third-order valence-corrected chi connectivity index (χ3v) is 7.42. The number of aromatic nitrogens is 4. The fourth-order valence-electron chi connectivity index (χ4n) is 3.66. The molecule has 2 atom stereocenters. The van der Waals surface area contributed by atoms with Crippen LogP contribution in [-0.2, 0) is 12.8 Å². The predicted molar refractivity (Wildman–Crippen MR) is 118 cm³/mol. The highest BCUT2D eigenvalue weighted by molar-refractivity contribution is 7.99. The molecule has 4 aromatic rings. The van der Waals surface area contributed by atoms with Crippen molar-refractivity contribution < 1.29 is 8.83 Å². The van der Waals surface area contributed by atoms with E-state index in [1.165, 1.54) is 28.6 Å². The quantitative estimate of drug-likeness (QED) is 0.347. The Bertz CT molecular complexity index is 1180. The van der Waals surface area contributed by atoms with Crippen LogP contribution in [0.4, 0.5) is 0 Å². The van der Waals surface area contributed by atoms with Crippen LogP contribution in [0.3, 0.4) is 0 Å². The minimum atomic E-state index is -0.0956. The number of hydrogen-bond acceptors (Lipinski definition) is 8. The standard InChI is InChI=1S/C22H22N4O2S2/c1-12-5-4-6-15(9-12)20-24-23-19(27-20)14(3)29-22-26-25-21(28-22)18-11-16-10-13(2)7-8-17(16)30-18/h4-6,9,11,13-14H,7-8,10H2,1-3H3/t13-,14-/m0/s1. The van der Waals surface area contributed by atoms with Gasteiger partial charge in [-0.1, -0.05) is 36.4 Å². The van der Waals surface area contributed by atoms with Gasteiger partial charge in [0.05, 0.1) is 10.1 Å². The molecule has 0 N–H and O–H groups in total. The number of fused-ring (bicyclic) bond motifs is 1. The summed E-state index contributed by atoms with van der Waals surface area (Å²) in [5.74, 6) is 2.39. The minimum absolute atomic E-state index is 0.0956. The fraction of sp³-hybridized carbons (Fsp3) is 0.364. The summed E-state index contributed by atoms with van der Waals surface area (Å²) in [4.78, 5) is 2.51. The highest BCUT2D eigenvalue weighted by Crippen LogP contribution is 2.39. The Hall–Kier alpha value is -2.45. The largest absolute Gasteiger partial charge is 0.419 e. The molecule has 8 heteroatoms. The van der Waals surface area contributed by atoms with Crippen molar-refractivity contribution in [3.8, 4) is 22.2 Å². The third-order valence-electron chi connectivity index (χ3n) is 5.28. The molecule has 1 aromatic carbocycles.